The molecule has 0 aliphatic carbocycles. The van der Waals surface area contributed by atoms with E-state index in [1.54, 1.807) is 13.1 Å². The number of anilines is 1. The Balaban J connectivity index is 2.25. The number of nitrogens with zero attached hydrogens (tertiary/aromatic N) is 1. The SMILES string of the molecule is CCOCCNC(=O)c1cc(NC)nc2ccccc12. The van der Waals surface area contributed by atoms with Crippen molar-refractivity contribution in [3.05, 3.63) is 35.9 Å². The van der Waals surface area contributed by atoms with Crippen molar-refractivity contribution in [3.8, 4) is 0 Å². The summed E-state index contributed by atoms with van der Waals surface area (Å²) in [6.45, 7) is 3.59. The summed E-state index contributed by atoms with van der Waals surface area (Å²) < 4.78 is 5.21. The van der Waals surface area contributed by atoms with E-state index in [4.69, 9.17) is 4.74 Å². The molecule has 0 aliphatic heterocycles. The van der Waals surface area contributed by atoms with Gasteiger partial charge < -0.3 is 15.4 Å². The number of carbonyl (C=O) groups is 1. The summed E-state index contributed by atoms with van der Waals surface area (Å²) in [7, 11) is 1.79. The number of rotatable bonds is 6. The number of amides is 1. The van der Waals surface area contributed by atoms with Crippen molar-refractivity contribution in [1.29, 1.82) is 0 Å². The molecule has 1 aromatic heterocycles. The zero-order chi connectivity index (χ0) is 14.4. The predicted molar refractivity (Wildman–Crippen MR) is 80.1 cm³/mol. The first-order chi connectivity index (χ1) is 9.76. The summed E-state index contributed by atoms with van der Waals surface area (Å²) in [5, 5.41) is 6.68. The first kappa shape index (κ1) is 14.3. The molecule has 2 aromatic rings. The van der Waals surface area contributed by atoms with Gasteiger partial charge in [-0.2, -0.15) is 0 Å². The molecule has 1 amide bonds. The molecule has 5 nitrogen and oxygen atoms in total. The Hall–Kier alpha value is -2.14. The van der Waals surface area contributed by atoms with Crippen molar-refractivity contribution in [1.82, 2.24) is 10.3 Å². The molecule has 20 heavy (non-hydrogen) atoms. The van der Waals surface area contributed by atoms with E-state index in [1.165, 1.54) is 0 Å². The Morgan fingerprint density at radius 3 is 2.90 bits per heavy atom. The number of hydrogen-bond donors (Lipinski definition) is 2. The summed E-state index contributed by atoms with van der Waals surface area (Å²) in [6.07, 6.45) is 0. The highest BCUT2D eigenvalue weighted by Crippen LogP contribution is 2.20. The molecule has 2 rings (SSSR count). The maximum Gasteiger partial charge on any atom is 0.252 e. The van der Waals surface area contributed by atoms with Gasteiger partial charge in [0.05, 0.1) is 17.7 Å². The molecule has 0 atom stereocenters. The molecule has 0 bridgehead atoms. The molecule has 0 unspecified atom stereocenters. The Morgan fingerprint density at radius 2 is 2.15 bits per heavy atom. The largest absolute Gasteiger partial charge is 0.380 e. The van der Waals surface area contributed by atoms with Crippen LogP contribution < -0.4 is 10.6 Å². The quantitative estimate of drug-likeness (QED) is 0.791. The van der Waals surface area contributed by atoms with Crippen molar-refractivity contribution >= 4 is 22.6 Å². The lowest BCUT2D eigenvalue weighted by Crippen LogP contribution is -2.27. The number of aromatic nitrogens is 1. The number of ether oxygens (including phenoxy) is 1. The Kier molecular flexibility index (Phi) is 4.90. The molecule has 0 spiro atoms. The highest BCUT2D eigenvalue weighted by atomic mass is 16.5. The van der Waals surface area contributed by atoms with Crippen LogP contribution in [0.25, 0.3) is 10.9 Å². The third-order valence-corrected chi connectivity index (χ3v) is 2.95. The van der Waals surface area contributed by atoms with E-state index in [2.05, 4.69) is 15.6 Å². The van der Waals surface area contributed by atoms with Gasteiger partial charge in [-0.1, -0.05) is 18.2 Å². The normalized spacial score (nSPS) is 10.5. The molecule has 1 heterocycles. The molecule has 0 aliphatic rings. The van der Waals surface area contributed by atoms with Crippen molar-refractivity contribution < 1.29 is 9.53 Å². The lowest BCUT2D eigenvalue weighted by Gasteiger charge is -2.10. The third-order valence-electron chi connectivity index (χ3n) is 2.95. The van der Waals surface area contributed by atoms with Gasteiger partial charge in [0.2, 0.25) is 0 Å². The summed E-state index contributed by atoms with van der Waals surface area (Å²) >= 11 is 0. The van der Waals surface area contributed by atoms with Crippen LogP contribution in [0.1, 0.15) is 17.3 Å². The third kappa shape index (κ3) is 3.24. The van der Waals surface area contributed by atoms with Crippen LogP contribution in [0.2, 0.25) is 0 Å². The van der Waals surface area contributed by atoms with Gasteiger partial charge in [0.1, 0.15) is 5.82 Å². The lowest BCUT2D eigenvalue weighted by atomic mass is 10.1. The van der Waals surface area contributed by atoms with Gasteiger partial charge in [-0.25, -0.2) is 4.98 Å². The fourth-order valence-electron chi connectivity index (χ4n) is 1.97. The maximum atomic E-state index is 12.3. The number of benzene rings is 1. The first-order valence-electron chi connectivity index (χ1n) is 6.69. The molecule has 0 fully saturated rings. The van der Waals surface area contributed by atoms with Crippen molar-refractivity contribution in [3.63, 3.8) is 0 Å². The van der Waals surface area contributed by atoms with Gasteiger partial charge in [0.15, 0.2) is 0 Å². The monoisotopic (exact) mass is 273 g/mol. The fraction of sp³-hybridized carbons (Fsp3) is 0.333. The van der Waals surface area contributed by atoms with E-state index in [-0.39, 0.29) is 5.91 Å². The number of hydrogen-bond acceptors (Lipinski definition) is 4. The van der Waals surface area contributed by atoms with E-state index >= 15 is 0 Å². The number of para-hydroxylation sites is 1. The Morgan fingerprint density at radius 1 is 1.35 bits per heavy atom. The molecule has 106 valence electrons. The zero-order valence-electron chi connectivity index (χ0n) is 11.8. The Labute approximate surface area is 118 Å². The maximum absolute atomic E-state index is 12.3. The van der Waals surface area contributed by atoms with E-state index in [9.17, 15) is 4.79 Å². The average Bonchev–Trinajstić information content (AvgIpc) is 2.50. The highest BCUT2D eigenvalue weighted by Gasteiger charge is 2.11. The lowest BCUT2D eigenvalue weighted by molar-refractivity contribution is 0.0924. The zero-order valence-corrected chi connectivity index (χ0v) is 11.8. The van der Waals surface area contributed by atoms with Crippen LogP contribution in [0.5, 0.6) is 0 Å². The molecular formula is C15H19N3O2. The second-order valence-electron chi connectivity index (χ2n) is 4.28. The number of pyridine rings is 1. The van der Waals surface area contributed by atoms with Gasteiger partial charge in [0, 0.05) is 25.6 Å². The van der Waals surface area contributed by atoms with Gasteiger partial charge in [-0.3, -0.25) is 4.79 Å². The smallest absolute Gasteiger partial charge is 0.252 e. The molecule has 5 heteroatoms. The number of fused-ring (bicyclic) bond motifs is 1. The van der Waals surface area contributed by atoms with Gasteiger partial charge >= 0.3 is 0 Å². The summed E-state index contributed by atoms with van der Waals surface area (Å²) in [6, 6.07) is 9.37. The second-order valence-corrected chi connectivity index (χ2v) is 4.28. The van der Waals surface area contributed by atoms with Gasteiger partial charge in [-0.05, 0) is 19.1 Å². The van der Waals surface area contributed by atoms with Crippen LogP contribution >= 0.6 is 0 Å². The topological polar surface area (TPSA) is 63.2 Å². The predicted octanol–water partition coefficient (Wildman–Crippen LogP) is 2.04. The van der Waals surface area contributed by atoms with Crippen LogP contribution in [0.4, 0.5) is 5.82 Å². The summed E-state index contributed by atoms with van der Waals surface area (Å²) in [4.78, 5) is 16.7. The Bertz CT molecular complexity index is 599. The molecule has 0 radical (unpaired) electrons. The van der Waals surface area contributed by atoms with Crippen molar-refractivity contribution in [2.24, 2.45) is 0 Å². The minimum absolute atomic E-state index is 0.111. The second kappa shape index (κ2) is 6.86. The summed E-state index contributed by atoms with van der Waals surface area (Å²) in [5.41, 5.74) is 1.42. The molecule has 0 saturated carbocycles. The fourth-order valence-corrected chi connectivity index (χ4v) is 1.97. The number of carbonyl (C=O) groups excluding carboxylic acids is 1. The highest BCUT2D eigenvalue weighted by molar-refractivity contribution is 6.06. The van der Waals surface area contributed by atoms with Gasteiger partial charge in [-0.15, -0.1) is 0 Å². The van der Waals surface area contributed by atoms with E-state index in [0.717, 1.165) is 10.9 Å². The average molecular weight is 273 g/mol. The van der Waals surface area contributed by atoms with Crippen LogP contribution in [0, 0.1) is 0 Å². The van der Waals surface area contributed by atoms with Crippen LogP contribution in [0.15, 0.2) is 30.3 Å². The minimum atomic E-state index is -0.111. The van der Waals surface area contributed by atoms with Crippen molar-refractivity contribution in [2.45, 2.75) is 6.92 Å². The number of nitrogens with one attached hydrogen (secondary N) is 2. The standard InChI is InChI=1S/C15H19N3O2/c1-3-20-9-8-17-15(19)12-10-14(16-2)18-13-7-5-4-6-11(12)13/h4-7,10H,3,8-9H2,1-2H3,(H,16,18)(H,17,19). The van der Waals surface area contributed by atoms with E-state index in [1.807, 2.05) is 31.2 Å². The minimum Gasteiger partial charge on any atom is -0.380 e. The first-order valence-corrected chi connectivity index (χ1v) is 6.69. The molecular weight excluding hydrogens is 254 g/mol. The van der Waals surface area contributed by atoms with Crippen LogP contribution in [-0.2, 0) is 4.74 Å². The van der Waals surface area contributed by atoms with Crippen LogP contribution in [0.3, 0.4) is 0 Å². The molecule has 0 saturated heterocycles. The molecule has 2 N–H and O–H groups in total. The van der Waals surface area contributed by atoms with Gasteiger partial charge in [0.25, 0.3) is 5.91 Å². The van der Waals surface area contributed by atoms with E-state index in [0.29, 0.717) is 31.1 Å². The summed E-state index contributed by atoms with van der Waals surface area (Å²) in [5.74, 6) is 0.568. The molecule has 1 aromatic carbocycles. The van der Waals surface area contributed by atoms with Crippen LogP contribution in [-0.4, -0.2) is 37.7 Å². The van der Waals surface area contributed by atoms with E-state index < -0.39 is 0 Å². The van der Waals surface area contributed by atoms with Crippen molar-refractivity contribution in [2.75, 3.05) is 32.1 Å².